The third-order valence-electron chi connectivity index (χ3n) is 4.88. The van der Waals surface area contributed by atoms with Crippen LogP contribution in [-0.2, 0) is 4.79 Å². The summed E-state index contributed by atoms with van der Waals surface area (Å²) in [5.74, 6) is -3.45. The summed E-state index contributed by atoms with van der Waals surface area (Å²) in [6.45, 7) is 4.19. The van der Waals surface area contributed by atoms with Crippen LogP contribution in [0.25, 0.3) is 5.57 Å². The lowest BCUT2D eigenvalue weighted by Gasteiger charge is -2.29. The lowest BCUT2D eigenvalue weighted by molar-refractivity contribution is -0.190. The van der Waals surface area contributed by atoms with Crippen molar-refractivity contribution in [1.82, 2.24) is 9.97 Å². The molecular weight excluding hydrogens is 413 g/mol. The summed E-state index contributed by atoms with van der Waals surface area (Å²) < 4.78 is 42.0. The Hall–Kier alpha value is -3.61. The Kier molecular flexibility index (Phi) is 5.88. The van der Waals surface area contributed by atoms with E-state index in [0.717, 1.165) is 18.1 Å². The van der Waals surface area contributed by atoms with E-state index in [2.05, 4.69) is 33.9 Å². The van der Waals surface area contributed by atoms with Crippen molar-refractivity contribution in [2.75, 3.05) is 5.32 Å². The molecule has 0 aliphatic heterocycles. The largest absolute Gasteiger partial charge is 0.491 e. The van der Waals surface area contributed by atoms with Crippen molar-refractivity contribution >= 4 is 23.1 Å². The molecule has 0 saturated carbocycles. The highest BCUT2D eigenvalue weighted by molar-refractivity contribution is 6.04. The van der Waals surface area contributed by atoms with Gasteiger partial charge in [-0.25, -0.2) is 9.78 Å². The van der Waals surface area contributed by atoms with Crippen LogP contribution >= 0.6 is 0 Å². The Morgan fingerprint density at radius 2 is 2.06 bits per heavy atom. The third-order valence-corrected chi connectivity index (χ3v) is 4.88. The number of anilines is 1. The molecule has 0 atom stereocenters. The monoisotopic (exact) mass is 432 g/mol. The molecule has 7 nitrogen and oxygen atoms in total. The van der Waals surface area contributed by atoms with E-state index in [1.807, 2.05) is 12.1 Å². The molecule has 0 spiro atoms. The number of carbonyl (C=O) groups excluding carboxylic acids is 2. The van der Waals surface area contributed by atoms with E-state index in [-0.39, 0.29) is 28.1 Å². The van der Waals surface area contributed by atoms with Gasteiger partial charge < -0.3 is 15.0 Å². The van der Waals surface area contributed by atoms with Crippen molar-refractivity contribution in [3.8, 4) is 11.9 Å². The number of allylic oxidation sites excluding steroid dienone is 2. The standard InChI is InChI=1S/C21H19F3N4O3/c1-20(2)7-5-13(6-8-20)17-14(27-18(29)15-9-12(10-25)11-26-15)3-4-16(28-17)31-19(30)21(22,23)24/h3-5,9,11,26H,6-8H2,1-2H3,(H,27,29). The molecule has 2 aromatic heterocycles. The molecule has 0 saturated heterocycles. The van der Waals surface area contributed by atoms with Gasteiger partial charge in [0.1, 0.15) is 11.8 Å². The van der Waals surface area contributed by atoms with Crippen LogP contribution in [0.15, 0.2) is 30.5 Å². The molecule has 0 radical (unpaired) electrons. The van der Waals surface area contributed by atoms with Gasteiger partial charge in [-0.1, -0.05) is 19.9 Å². The number of H-pyrrole nitrogens is 1. The van der Waals surface area contributed by atoms with Crippen LogP contribution in [0.4, 0.5) is 18.9 Å². The summed E-state index contributed by atoms with van der Waals surface area (Å²) in [5, 5.41) is 11.5. The summed E-state index contributed by atoms with van der Waals surface area (Å²) in [6, 6.07) is 5.67. The Morgan fingerprint density at radius 3 is 2.65 bits per heavy atom. The first-order valence-corrected chi connectivity index (χ1v) is 9.38. The normalized spacial score (nSPS) is 15.5. The first-order valence-electron chi connectivity index (χ1n) is 9.38. The van der Waals surface area contributed by atoms with Crippen LogP contribution in [0, 0.1) is 16.7 Å². The molecule has 2 N–H and O–H groups in total. The number of rotatable bonds is 4. The van der Waals surface area contributed by atoms with Crippen LogP contribution in [0.3, 0.4) is 0 Å². The predicted molar refractivity (Wildman–Crippen MR) is 105 cm³/mol. The van der Waals surface area contributed by atoms with Gasteiger partial charge in [0, 0.05) is 12.3 Å². The van der Waals surface area contributed by atoms with Gasteiger partial charge in [0.05, 0.1) is 16.9 Å². The minimum Gasteiger partial charge on any atom is -0.401 e. The van der Waals surface area contributed by atoms with Crippen LogP contribution in [0.1, 0.15) is 54.9 Å². The van der Waals surface area contributed by atoms with Crippen molar-refractivity contribution in [3.63, 3.8) is 0 Å². The summed E-state index contributed by atoms with van der Waals surface area (Å²) in [5.41, 5.74) is 1.66. The molecule has 0 fully saturated rings. The molecule has 1 amide bonds. The third kappa shape index (κ3) is 5.31. The topological polar surface area (TPSA) is 108 Å². The zero-order chi connectivity index (χ0) is 22.8. The van der Waals surface area contributed by atoms with Gasteiger partial charge in [-0.05, 0) is 42.4 Å². The highest BCUT2D eigenvalue weighted by atomic mass is 19.4. The van der Waals surface area contributed by atoms with Gasteiger partial charge in [-0.3, -0.25) is 4.79 Å². The second kappa shape index (κ2) is 8.26. The number of nitriles is 1. The molecule has 1 aliphatic carbocycles. The fourth-order valence-electron chi connectivity index (χ4n) is 3.07. The number of amides is 1. The van der Waals surface area contributed by atoms with Gasteiger partial charge in [0.25, 0.3) is 5.91 Å². The Balaban J connectivity index is 1.94. The molecule has 10 heteroatoms. The van der Waals surface area contributed by atoms with Gasteiger partial charge in [-0.15, -0.1) is 0 Å². The lowest BCUT2D eigenvalue weighted by Crippen LogP contribution is -2.28. The Labute approximate surface area is 175 Å². The molecule has 31 heavy (non-hydrogen) atoms. The average molecular weight is 432 g/mol. The summed E-state index contributed by atoms with van der Waals surface area (Å²) in [4.78, 5) is 30.5. The maximum Gasteiger partial charge on any atom is 0.491 e. The Bertz CT molecular complexity index is 1090. The van der Waals surface area contributed by atoms with E-state index in [9.17, 15) is 22.8 Å². The number of hydrogen-bond donors (Lipinski definition) is 2. The molecule has 0 unspecified atom stereocenters. The quantitative estimate of drug-likeness (QED) is 0.687. The minimum absolute atomic E-state index is 0.0607. The maximum absolute atomic E-state index is 12.5. The first kappa shape index (κ1) is 22.1. The lowest BCUT2D eigenvalue weighted by atomic mass is 9.77. The van der Waals surface area contributed by atoms with E-state index >= 15 is 0 Å². The highest BCUT2D eigenvalue weighted by Crippen LogP contribution is 2.39. The number of carbonyl (C=O) groups is 2. The maximum atomic E-state index is 12.5. The number of nitrogens with zero attached hydrogens (tertiary/aromatic N) is 2. The summed E-state index contributed by atoms with van der Waals surface area (Å²) >= 11 is 0. The number of hydrogen-bond acceptors (Lipinski definition) is 5. The van der Waals surface area contributed by atoms with Gasteiger partial charge in [-0.2, -0.15) is 18.4 Å². The number of aromatic amines is 1. The molecular formula is C21H19F3N4O3. The zero-order valence-corrected chi connectivity index (χ0v) is 16.8. The molecule has 1 aliphatic rings. The second-order valence-corrected chi connectivity index (χ2v) is 7.90. The van der Waals surface area contributed by atoms with Crippen LogP contribution in [-0.4, -0.2) is 28.0 Å². The second-order valence-electron chi connectivity index (χ2n) is 7.90. The number of pyridine rings is 1. The predicted octanol–water partition coefficient (Wildman–Crippen LogP) is 4.59. The fraction of sp³-hybridized carbons (Fsp3) is 0.333. The highest BCUT2D eigenvalue weighted by Gasteiger charge is 2.41. The van der Waals surface area contributed by atoms with E-state index in [4.69, 9.17) is 5.26 Å². The summed E-state index contributed by atoms with van der Waals surface area (Å²) in [7, 11) is 0. The fourth-order valence-corrected chi connectivity index (χ4v) is 3.07. The molecule has 162 valence electrons. The van der Waals surface area contributed by atoms with E-state index in [0.29, 0.717) is 12.8 Å². The first-order chi connectivity index (χ1) is 14.5. The van der Waals surface area contributed by atoms with E-state index in [1.54, 1.807) is 0 Å². The molecule has 3 rings (SSSR count). The SMILES string of the molecule is CC1(C)CC=C(c2nc(OC(=O)C(F)(F)F)ccc2NC(=O)c2cc(C#N)c[nH]2)CC1. The average Bonchev–Trinajstić information content (AvgIpc) is 3.18. The number of halogens is 3. The minimum atomic E-state index is -5.16. The van der Waals surface area contributed by atoms with Crippen molar-refractivity contribution in [2.45, 2.75) is 39.3 Å². The van der Waals surface area contributed by atoms with Gasteiger partial charge in [0.15, 0.2) is 0 Å². The summed E-state index contributed by atoms with van der Waals surface area (Å²) in [6.07, 6.45) is 0.239. The van der Waals surface area contributed by atoms with Gasteiger partial charge >= 0.3 is 12.1 Å². The smallest absolute Gasteiger partial charge is 0.401 e. The Morgan fingerprint density at radius 1 is 1.32 bits per heavy atom. The molecule has 2 heterocycles. The molecule has 0 aromatic carbocycles. The number of esters is 1. The van der Waals surface area contributed by atoms with Crippen LogP contribution in [0.2, 0.25) is 0 Å². The van der Waals surface area contributed by atoms with Gasteiger partial charge in [0.2, 0.25) is 5.88 Å². The van der Waals surface area contributed by atoms with E-state index in [1.165, 1.54) is 18.3 Å². The van der Waals surface area contributed by atoms with Crippen molar-refractivity contribution in [1.29, 1.82) is 5.26 Å². The van der Waals surface area contributed by atoms with Crippen molar-refractivity contribution in [3.05, 3.63) is 47.4 Å². The van der Waals surface area contributed by atoms with Crippen LogP contribution in [0.5, 0.6) is 5.88 Å². The van der Waals surface area contributed by atoms with E-state index < -0.39 is 23.9 Å². The number of aromatic nitrogens is 2. The molecule has 2 aromatic rings. The molecule has 0 bridgehead atoms. The number of nitrogens with one attached hydrogen (secondary N) is 2. The number of alkyl halides is 3. The van der Waals surface area contributed by atoms with Crippen LogP contribution < -0.4 is 10.1 Å². The van der Waals surface area contributed by atoms with Crippen molar-refractivity contribution in [2.24, 2.45) is 5.41 Å². The zero-order valence-electron chi connectivity index (χ0n) is 16.8. The van der Waals surface area contributed by atoms with Crippen molar-refractivity contribution < 1.29 is 27.5 Å². The number of ether oxygens (including phenoxy) is 1.